The molecular formula is C71H92Cl6N8O9. The molecule has 5 heterocycles. The number of Topliss-reactive ketones (excluding diaryl/α,β-unsaturated/α-hetero) is 1. The molecule has 23 heteroatoms. The molecule has 5 aliphatic rings. The van der Waals surface area contributed by atoms with Crippen LogP contribution in [0, 0.1) is 17.2 Å². The first-order valence-electron chi connectivity index (χ1n) is 32.2. The molecule has 6 aromatic carbocycles. The number of nitrogens with one attached hydrogen (secondary N) is 2. The summed E-state index contributed by atoms with van der Waals surface area (Å²) >= 11 is 36.1. The molecule has 0 radical (unpaired) electrons. The number of hydrogen-bond donors (Lipinski definition) is 5. The van der Waals surface area contributed by atoms with Crippen molar-refractivity contribution in [3.05, 3.63) is 180 Å². The standard InChI is InChI=1S/C25H30Cl2N2O3.C24H28Cl2N2O3.C22H24Cl2N4O3.5H2/c26-23-6-5-22(15-24(23)27)32-21-9-13-29(14-10-21)17-19-7-11-28(12-8-19)16-18-1-3-20(4-2-18)25(30)31;25-21-6-5-19(15-22(21)26)31-18-9-11-27(12-10-18)16-17-7-13-28(14-8-17)23-4-2-1-3-20(23)24(29)30;23-18-6-5-16(11-19(18)24)31-15-7-9-28(10-8-15)13-14(29)12-27-22(30)21(26)17-3-1-2-4-20(17)25;;;;;/h1-6,15,19,21H,7-14,16-17H2,(H,30,31);1-6,15,17-18H,7-14,16H2,(H,29,30);1-6,11,15,26H,7-10,12-13,25H2,(H,27,30);5*1H. The van der Waals surface area contributed by atoms with E-state index in [0.29, 0.717) is 77.3 Å². The molecule has 1 amide bonds. The number of ketones is 1. The van der Waals surface area contributed by atoms with Gasteiger partial charge < -0.3 is 50.2 Å². The quantitative estimate of drug-likeness (QED) is 0.0335. The van der Waals surface area contributed by atoms with Crippen molar-refractivity contribution >= 4 is 110 Å². The largest absolute Gasteiger partial charge is 0.490 e. The number of carboxylic acid groups (broad SMARTS) is 2. The number of aromatic carboxylic acids is 2. The molecule has 5 saturated heterocycles. The maximum atomic E-state index is 12.3. The molecule has 5 aliphatic heterocycles. The Morgan fingerprint density at radius 1 is 0.489 bits per heavy atom. The minimum absolute atomic E-state index is 0. The highest BCUT2D eigenvalue weighted by Gasteiger charge is 2.30. The summed E-state index contributed by atoms with van der Waals surface area (Å²) in [6, 6.07) is 37.3. The molecule has 5 fully saturated rings. The highest BCUT2D eigenvalue weighted by Crippen LogP contribution is 2.33. The van der Waals surface area contributed by atoms with Gasteiger partial charge >= 0.3 is 11.9 Å². The third-order valence-electron chi connectivity index (χ3n) is 17.9. The van der Waals surface area contributed by atoms with Crippen molar-refractivity contribution in [1.82, 2.24) is 24.9 Å². The lowest BCUT2D eigenvalue weighted by atomic mass is 9.94. The van der Waals surface area contributed by atoms with E-state index >= 15 is 0 Å². The van der Waals surface area contributed by atoms with Gasteiger partial charge in [-0.1, -0.05) is 112 Å². The Hall–Kier alpha value is -6.35. The molecule has 512 valence electrons. The summed E-state index contributed by atoms with van der Waals surface area (Å²) in [4.78, 5) is 58.8. The Morgan fingerprint density at radius 3 is 1.34 bits per heavy atom. The number of ether oxygens (including phenoxy) is 3. The third kappa shape index (κ3) is 21.8. The monoisotopic (exact) mass is 1410 g/mol. The lowest BCUT2D eigenvalue weighted by Crippen LogP contribution is -2.44. The minimum Gasteiger partial charge on any atom is -0.490 e. The van der Waals surface area contributed by atoms with Gasteiger partial charge in [-0.2, -0.15) is 0 Å². The fraction of sp³-hybridized carbons (Fsp3) is 0.423. The summed E-state index contributed by atoms with van der Waals surface area (Å²) in [6.07, 6.45) is 10.7. The number of piperidine rings is 5. The topological polar surface area (TPSA) is 215 Å². The molecule has 0 unspecified atom stereocenters. The number of halogens is 6. The van der Waals surface area contributed by atoms with Crippen molar-refractivity contribution in [2.75, 3.05) is 102 Å². The second-order valence-electron chi connectivity index (χ2n) is 24.7. The van der Waals surface area contributed by atoms with Crippen molar-refractivity contribution < 1.29 is 50.7 Å². The molecule has 0 aromatic heterocycles. The average molecular weight is 1410 g/mol. The van der Waals surface area contributed by atoms with Crippen LogP contribution in [0.5, 0.6) is 17.2 Å². The van der Waals surface area contributed by atoms with E-state index in [9.17, 15) is 24.3 Å². The highest BCUT2D eigenvalue weighted by molar-refractivity contribution is 6.45. The smallest absolute Gasteiger partial charge is 0.337 e. The number of likely N-dealkylation sites (tertiary alicyclic amines) is 4. The third-order valence-corrected chi connectivity index (χ3v) is 20.1. The normalized spacial score (nSPS) is 17.6. The summed E-state index contributed by atoms with van der Waals surface area (Å²) in [6.45, 7) is 12.9. The van der Waals surface area contributed by atoms with Crippen LogP contribution in [0.3, 0.4) is 0 Å². The predicted octanol–water partition coefficient (Wildman–Crippen LogP) is 15.3. The van der Waals surface area contributed by atoms with E-state index < -0.39 is 17.8 Å². The van der Waals surface area contributed by atoms with Crippen molar-refractivity contribution in [1.29, 1.82) is 5.41 Å². The SMILES string of the molecule is N=C(C(=O)NCC(=O)CN1CCC(Oc2ccc(Cl)c(Cl)c2)CC1)c1ccccc1N.O=C(O)c1ccc(CN2CCC(CN3CCC(Oc4ccc(Cl)c(Cl)c4)CC3)CC2)cc1.O=C(O)c1ccccc1N1CCC(CN2CCC(Oc3ccc(Cl)c(Cl)c3)CC2)CC1.[HH].[HH].[HH].[HH].[HH]. The number of amides is 1. The first-order valence-corrected chi connectivity index (χ1v) is 34.4. The summed E-state index contributed by atoms with van der Waals surface area (Å²) in [7, 11) is 0. The molecule has 94 heavy (non-hydrogen) atoms. The van der Waals surface area contributed by atoms with E-state index in [4.69, 9.17) is 100 Å². The minimum atomic E-state index is -0.873. The van der Waals surface area contributed by atoms with Crippen LogP contribution >= 0.6 is 69.6 Å². The zero-order valence-corrected chi connectivity index (χ0v) is 57.1. The van der Waals surface area contributed by atoms with E-state index in [2.05, 4.69) is 24.9 Å². The molecule has 0 saturated carbocycles. The number of carbonyl (C=O) groups is 4. The van der Waals surface area contributed by atoms with Crippen LogP contribution in [0.4, 0.5) is 11.4 Å². The average Bonchev–Trinajstić information content (AvgIpc) is 0.876. The van der Waals surface area contributed by atoms with E-state index in [1.165, 1.54) is 24.9 Å². The van der Waals surface area contributed by atoms with Crippen molar-refractivity contribution in [2.24, 2.45) is 11.8 Å². The summed E-state index contributed by atoms with van der Waals surface area (Å²) < 4.78 is 18.2. The molecule has 0 aliphatic carbocycles. The zero-order chi connectivity index (χ0) is 66.7. The zero-order valence-electron chi connectivity index (χ0n) is 52.5. The van der Waals surface area contributed by atoms with Crippen LogP contribution in [-0.2, 0) is 16.1 Å². The number of benzene rings is 6. The number of nitrogens with two attached hydrogens (primary N) is 1. The number of hydrogen-bond acceptors (Lipinski definition) is 14. The fourth-order valence-electron chi connectivity index (χ4n) is 12.6. The second kappa shape index (κ2) is 35.6. The van der Waals surface area contributed by atoms with Gasteiger partial charge in [0.2, 0.25) is 0 Å². The van der Waals surface area contributed by atoms with E-state index in [0.717, 1.165) is 140 Å². The maximum absolute atomic E-state index is 12.3. The Morgan fingerprint density at radius 2 is 0.904 bits per heavy atom. The molecule has 6 N–H and O–H groups in total. The molecule has 17 nitrogen and oxygen atoms in total. The number of anilines is 2. The van der Waals surface area contributed by atoms with Crippen molar-refractivity contribution in [3.63, 3.8) is 0 Å². The number of rotatable bonds is 21. The van der Waals surface area contributed by atoms with Gasteiger partial charge in [0.25, 0.3) is 5.91 Å². The van der Waals surface area contributed by atoms with Gasteiger partial charge in [0.15, 0.2) is 5.78 Å². The van der Waals surface area contributed by atoms with Gasteiger partial charge in [-0.05, 0) is 161 Å². The predicted molar refractivity (Wildman–Crippen MR) is 386 cm³/mol. The molecule has 6 aromatic rings. The second-order valence-corrected chi connectivity index (χ2v) is 27.2. The fourth-order valence-corrected chi connectivity index (χ4v) is 13.5. The lowest BCUT2D eigenvalue weighted by molar-refractivity contribution is -0.123. The van der Waals surface area contributed by atoms with Gasteiger partial charge in [0.1, 0.15) is 41.3 Å². The summed E-state index contributed by atoms with van der Waals surface area (Å²) in [5.41, 5.74) is 8.99. The molecule has 11 rings (SSSR count). The number of carbonyl (C=O) groups excluding carboxylic acids is 2. The summed E-state index contributed by atoms with van der Waals surface area (Å²) in [5.74, 6) is 1.17. The van der Waals surface area contributed by atoms with Gasteiger partial charge in [-0.15, -0.1) is 0 Å². The van der Waals surface area contributed by atoms with E-state index in [1.54, 1.807) is 91.0 Å². The Labute approximate surface area is 588 Å². The lowest BCUT2D eigenvalue weighted by Gasteiger charge is -2.38. The number of nitrogen functional groups attached to an aromatic ring is 1. The number of carboxylic acids is 2. The van der Waals surface area contributed by atoms with Crippen molar-refractivity contribution in [3.8, 4) is 17.2 Å². The maximum Gasteiger partial charge on any atom is 0.337 e. The first-order chi connectivity index (χ1) is 45.3. The number of nitrogens with zero attached hydrogens (tertiary/aromatic N) is 5. The Bertz CT molecular complexity index is 3540. The van der Waals surface area contributed by atoms with Crippen LogP contribution < -0.4 is 30.2 Å². The van der Waals surface area contributed by atoms with E-state index in [1.807, 2.05) is 41.3 Å². The highest BCUT2D eigenvalue weighted by atomic mass is 35.5. The molecule has 0 bridgehead atoms. The summed E-state index contributed by atoms with van der Waals surface area (Å²) in [5, 5.41) is 32.0. The molecule has 0 atom stereocenters. The van der Waals surface area contributed by atoms with Crippen LogP contribution in [0.15, 0.2) is 127 Å². The molecule has 0 spiro atoms. The van der Waals surface area contributed by atoms with Gasteiger partial charge in [0.05, 0.1) is 60.0 Å². The Balaban J connectivity index is 0.000000308. The number of para-hydroxylation sites is 2. The Kier molecular flexibility index (Phi) is 27.2. The van der Waals surface area contributed by atoms with Crippen LogP contribution in [0.25, 0.3) is 0 Å². The van der Waals surface area contributed by atoms with Gasteiger partial charge in [-0.3, -0.25) is 24.8 Å². The van der Waals surface area contributed by atoms with Gasteiger partial charge in [-0.25, -0.2) is 9.59 Å². The molecular weight excluding hydrogens is 1320 g/mol. The van der Waals surface area contributed by atoms with Crippen LogP contribution in [-0.4, -0.2) is 169 Å². The van der Waals surface area contributed by atoms with Crippen LogP contribution in [0.2, 0.25) is 30.1 Å². The van der Waals surface area contributed by atoms with Gasteiger partial charge in [0, 0.05) is 109 Å². The van der Waals surface area contributed by atoms with Crippen LogP contribution in [0.1, 0.15) is 103 Å². The van der Waals surface area contributed by atoms with E-state index in [-0.39, 0.29) is 50.0 Å². The first kappa shape index (κ1) is 71.9. The van der Waals surface area contributed by atoms with Crippen molar-refractivity contribution in [2.45, 2.75) is 89.1 Å².